The predicted molar refractivity (Wildman–Crippen MR) is 87.9 cm³/mol. The van der Waals surface area contributed by atoms with Gasteiger partial charge in [-0.1, -0.05) is 6.92 Å². The van der Waals surface area contributed by atoms with Crippen LogP contribution in [0.3, 0.4) is 0 Å². The van der Waals surface area contributed by atoms with Gasteiger partial charge in [0.05, 0.1) is 24.8 Å². The average Bonchev–Trinajstić information content (AvgIpc) is 3.24. The van der Waals surface area contributed by atoms with Crippen LogP contribution in [-0.2, 0) is 9.47 Å². The Morgan fingerprint density at radius 2 is 2.00 bits per heavy atom. The van der Waals surface area contributed by atoms with E-state index in [0.29, 0.717) is 19.6 Å². The van der Waals surface area contributed by atoms with E-state index < -0.39 is 5.60 Å². The number of nitrogens with zero attached hydrogens (tertiary/aromatic N) is 2. The molecule has 0 bridgehead atoms. The Morgan fingerprint density at radius 1 is 1.30 bits per heavy atom. The number of piperidine rings is 1. The van der Waals surface area contributed by atoms with Crippen LogP contribution >= 0.6 is 0 Å². The fourth-order valence-corrected chi connectivity index (χ4v) is 3.11. The molecular weight excluding hydrogens is 292 g/mol. The minimum atomic E-state index is -0.477. The summed E-state index contributed by atoms with van der Waals surface area (Å²) >= 11 is 0. The lowest BCUT2D eigenvalue weighted by Gasteiger charge is -2.43. The Balaban J connectivity index is 1.95. The molecule has 130 valence electrons. The number of rotatable bonds is 5. The van der Waals surface area contributed by atoms with Crippen molar-refractivity contribution in [3.8, 4) is 6.07 Å². The lowest BCUT2D eigenvalue weighted by atomic mass is 9.89. The molecule has 0 radical (unpaired) electrons. The van der Waals surface area contributed by atoms with Crippen molar-refractivity contribution in [1.82, 2.24) is 4.90 Å². The molecule has 0 aromatic heterocycles. The molecule has 1 unspecified atom stereocenters. The summed E-state index contributed by atoms with van der Waals surface area (Å²) in [5, 5.41) is 8.95. The largest absolute Gasteiger partial charge is 0.444 e. The van der Waals surface area contributed by atoms with Gasteiger partial charge in [-0.2, -0.15) is 5.26 Å². The van der Waals surface area contributed by atoms with E-state index in [0.717, 1.165) is 38.6 Å². The van der Waals surface area contributed by atoms with Crippen molar-refractivity contribution in [2.24, 2.45) is 5.41 Å². The third-order valence-electron chi connectivity index (χ3n) is 4.93. The molecule has 1 aliphatic carbocycles. The first-order valence-corrected chi connectivity index (χ1v) is 8.72. The molecule has 0 spiro atoms. The highest BCUT2D eigenvalue weighted by Crippen LogP contribution is 2.49. The summed E-state index contributed by atoms with van der Waals surface area (Å²) in [6.45, 7) is 9.72. The van der Waals surface area contributed by atoms with E-state index in [4.69, 9.17) is 14.7 Å². The van der Waals surface area contributed by atoms with Gasteiger partial charge in [-0.15, -0.1) is 0 Å². The molecule has 23 heavy (non-hydrogen) atoms. The molecular formula is C18H30N2O3. The summed E-state index contributed by atoms with van der Waals surface area (Å²) in [6.07, 6.45) is 5.24. The van der Waals surface area contributed by atoms with Crippen LogP contribution in [0.2, 0.25) is 0 Å². The molecule has 1 saturated heterocycles. The van der Waals surface area contributed by atoms with Crippen molar-refractivity contribution in [3.63, 3.8) is 0 Å². The Bertz CT molecular complexity index is 474. The van der Waals surface area contributed by atoms with Crippen molar-refractivity contribution >= 4 is 6.09 Å². The van der Waals surface area contributed by atoms with Crippen LogP contribution in [0.5, 0.6) is 0 Å². The van der Waals surface area contributed by atoms with Gasteiger partial charge in [0.2, 0.25) is 0 Å². The normalized spacial score (nSPS) is 26.5. The van der Waals surface area contributed by atoms with Crippen molar-refractivity contribution < 1.29 is 14.3 Å². The molecule has 1 atom stereocenters. The number of carbonyl (C=O) groups is 1. The smallest absolute Gasteiger partial charge is 0.410 e. The minimum Gasteiger partial charge on any atom is -0.444 e. The maximum Gasteiger partial charge on any atom is 0.410 e. The number of nitriles is 1. The van der Waals surface area contributed by atoms with Gasteiger partial charge >= 0.3 is 6.09 Å². The van der Waals surface area contributed by atoms with Crippen LogP contribution in [0.15, 0.2) is 0 Å². The Hall–Kier alpha value is -1.28. The number of amides is 1. The molecule has 5 heteroatoms. The van der Waals surface area contributed by atoms with Crippen LogP contribution in [0.1, 0.15) is 66.2 Å². The first kappa shape index (κ1) is 18.1. The monoisotopic (exact) mass is 322 g/mol. The topological polar surface area (TPSA) is 62.6 Å². The highest BCUT2D eigenvalue weighted by Gasteiger charge is 2.46. The molecule has 1 saturated carbocycles. The first-order valence-electron chi connectivity index (χ1n) is 8.72. The maximum absolute atomic E-state index is 12.3. The van der Waals surface area contributed by atoms with E-state index in [1.807, 2.05) is 20.8 Å². The summed E-state index contributed by atoms with van der Waals surface area (Å²) in [4.78, 5) is 14.1. The fraction of sp³-hybridized carbons (Fsp3) is 0.889. The third-order valence-corrected chi connectivity index (χ3v) is 4.93. The second-order valence-electron chi connectivity index (χ2n) is 8.17. The van der Waals surface area contributed by atoms with E-state index in [9.17, 15) is 4.79 Å². The molecule has 0 aromatic rings. The molecule has 1 amide bonds. The lowest BCUT2D eigenvalue weighted by Crippen LogP contribution is -2.53. The summed E-state index contributed by atoms with van der Waals surface area (Å²) < 4.78 is 11.8. The van der Waals surface area contributed by atoms with E-state index in [2.05, 4.69) is 13.0 Å². The van der Waals surface area contributed by atoms with Crippen molar-refractivity contribution in [1.29, 1.82) is 5.26 Å². The van der Waals surface area contributed by atoms with Crippen LogP contribution in [0.4, 0.5) is 4.79 Å². The van der Waals surface area contributed by atoms with E-state index in [1.165, 1.54) is 0 Å². The Labute approximate surface area is 139 Å². The van der Waals surface area contributed by atoms with Crippen molar-refractivity contribution in [2.45, 2.75) is 77.4 Å². The van der Waals surface area contributed by atoms with Gasteiger partial charge in [0.15, 0.2) is 0 Å². The van der Waals surface area contributed by atoms with Gasteiger partial charge in [-0.3, -0.25) is 0 Å². The maximum atomic E-state index is 12.3. The highest BCUT2D eigenvalue weighted by atomic mass is 16.6. The zero-order valence-corrected chi connectivity index (χ0v) is 15.0. The van der Waals surface area contributed by atoms with Gasteiger partial charge in [-0.25, -0.2) is 4.79 Å². The van der Waals surface area contributed by atoms with E-state index in [1.54, 1.807) is 4.90 Å². The number of hydrogen-bond donors (Lipinski definition) is 0. The number of likely N-dealkylation sites (tertiary alicyclic amines) is 1. The molecule has 0 N–H and O–H groups in total. The summed E-state index contributed by atoms with van der Waals surface area (Å²) in [7, 11) is 0. The van der Waals surface area contributed by atoms with Crippen LogP contribution < -0.4 is 0 Å². The number of hydrogen-bond acceptors (Lipinski definition) is 4. The molecule has 2 rings (SSSR count). The molecule has 0 aromatic carbocycles. The average molecular weight is 322 g/mol. The molecule has 1 aliphatic heterocycles. The van der Waals surface area contributed by atoms with Gasteiger partial charge in [0.1, 0.15) is 5.60 Å². The summed E-state index contributed by atoms with van der Waals surface area (Å²) in [5.41, 5.74) is -0.694. The zero-order valence-electron chi connectivity index (χ0n) is 15.0. The second-order valence-corrected chi connectivity index (χ2v) is 8.17. The van der Waals surface area contributed by atoms with Gasteiger partial charge < -0.3 is 14.4 Å². The third kappa shape index (κ3) is 4.84. The van der Waals surface area contributed by atoms with Crippen molar-refractivity contribution in [3.05, 3.63) is 0 Å². The summed E-state index contributed by atoms with van der Waals surface area (Å²) in [6, 6.07) is 2.28. The lowest BCUT2D eigenvalue weighted by molar-refractivity contribution is -0.106. The van der Waals surface area contributed by atoms with Gasteiger partial charge in [0, 0.05) is 18.4 Å². The van der Waals surface area contributed by atoms with Gasteiger partial charge in [-0.05, 0) is 52.9 Å². The van der Waals surface area contributed by atoms with Crippen LogP contribution in [0, 0.1) is 16.7 Å². The Morgan fingerprint density at radius 3 is 2.52 bits per heavy atom. The molecule has 1 heterocycles. The van der Waals surface area contributed by atoms with Crippen LogP contribution in [-0.4, -0.2) is 41.9 Å². The van der Waals surface area contributed by atoms with Gasteiger partial charge in [0.25, 0.3) is 0 Å². The predicted octanol–water partition coefficient (Wildman–Crippen LogP) is 3.88. The zero-order chi connectivity index (χ0) is 17.1. The van der Waals surface area contributed by atoms with E-state index >= 15 is 0 Å². The molecule has 2 fully saturated rings. The minimum absolute atomic E-state index is 0.0745. The highest BCUT2D eigenvalue weighted by molar-refractivity contribution is 5.68. The standard InChI is InChI=1S/C18H30N2O3/c1-5-18(22-14-17(8-9-17)10-11-19)7-6-12-20(13-18)15(21)23-16(2,3)4/h5-10,12-14H2,1-4H3. The quantitative estimate of drug-likeness (QED) is 0.770. The molecule has 5 nitrogen and oxygen atoms in total. The molecule has 2 aliphatic rings. The Kier molecular flexibility index (Phi) is 5.25. The fourth-order valence-electron chi connectivity index (χ4n) is 3.11. The van der Waals surface area contributed by atoms with E-state index in [-0.39, 0.29) is 17.1 Å². The number of carbonyl (C=O) groups excluding carboxylic acids is 1. The second kappa shape index (κ2) is 6.68. The van der Waals surface area contributed by atoms with Crippen LogP contribution in [0.25, 0.3) is 0 Å². The SMILES string of the molecule is CCC1(OCC2(CC#N)CC2)CCCN(C(=O)OC(C)(C)C)C1. The number of ether oxygens (including phenoxy) is 2. The summed E-state index contributed by atoms with van der Waals surface area (Å²) in [5.74, 6) is 0. The first-order chi connectivity index (χ1) is 10.7. The van der Waals surface area contributed by atoms with Crippen molar-refractivity contribution in [2.75, 3.05) is 19.7 Å².